The van der Waals surface area contributed by atoms with Crippen molar-refractivity contribution in [3.63, 3.8) is 0 Å². The van der Waals surface area contributed by atoms with E-state index in [9.17, 15) is 0 Å². The maximum atomic E-state index is 6.42. The second-order valence-corrected chi connectivity index (χ2v) is 8.65. The largest absolute Gasteiger partial charge is 0.490 e. The smallest absolute Gasteiger partial charge is 0.125 e. The number of nitrogens with zero attached hydrogens (tertiary/aromatic N) is 1. The van der Waals surface area contributed by atoms with E-state index in [2.05, 4.69) is 55.4 Å². The number of aryl methyl sites for hydroxylation is 2. The Labute approximate surface area is 198 Å². The summed E-state index contributed by atoms with van der Waals surface area (Å²) in [5, 5.41) is 3.98. The first-order valence-corrected chi connectivity index (χ1v) is 11.8. The lowest BCUT2D eigenvalue weighted by Crippen LogP contribution is -2.28. The first kappa shape index (κ1) is 24.8. The van der Waals surface area contributed by atoms with Gasteiger partial charge in [-0.15, -0.1) is 0 Å². The number of ether oxygens (including phenoxy) is 3. The molecule has 5 nitrogen and oxygen atoms in total. The molecule has 33 heavy (non-hydrogen) atoms. The van der Waals surface area contributed by atoms with E-state index in [1.807, 2.05) is 26.0 Å². The van der Waals surface area contributed by atoms with E-state index in [0.717, 1.165) is 59.6 Å². The molecule has 0 radical (unpaired) electrons. The Hall–Kier alpha value is -2.79. The van der Waals surface area contributed by atoms with E-state index >= 15 is 0 Å². The summed E-state index contributed by atoms with van der Waals surface area (Å²) in [6.45, 7) is 9.33. The molecule has 0 spiro atoms. The lowest BCUT2D eigenvalue weighted by Gasteiger charge is -2.30. The van der Waals surface area contributed by atoms with Gasteiger partial charge in [-0.05, 0) is 87.8 Å². The van der Waals surface area contributed by atoms with Crippen LogP contribution in [0.1, 0.15) is 61.8 Å². The number of oxime groups is 1. The Kier molecular flexibility index (Phi) is 9.37. The van der Waals surface area contributed by atoms with Crippen LogP contribution in [0.3, 0.4) is 0 Å². The van der Waals surface area contributed by atoms with Crippen LogP contribution in [-0.2, 0) is 16.2 Å². The van der Waals surface area contributed by atoms with Crippen molar-refractivity contribution in [3.05, 3.63) is 70.8 Å². The van der Waals surface area contributed by atoms with Crippen molar-refractivity contribution in [2.75, 3.05) is 13.7 Å². The van der Waals surface area contributed by atoms with Crippen LogP contribution in [0.4, 0.5) is 0 Å². The summed E-state index contributed by atoms with van der Waals surface area (Å²) in [7, 11) is 1.56. The summed E-state index contributed by atoms with van der Waals surface area (Å²) < 4.78 is 18.4. The number of rotatable bonds is 10. The fourth-order valence-electron chi connectivity index (χ4n) is 4.15. The SMILES string of the molecule is C/C=C/COc1cc(C)c(OC2CCC(OCc3ccc(/C(C)=N\OC)cc3)CC2)c(C)c1. The van der Waals surface area contributed by atoms with E-state index in [0.29, 0.717) is 13.2 Å². The predicted octanol–water partition coefficient (Wildman–Crippen LogP) is 6.54. The molecule has 0 amide bonds. The molecule has 2 aromatic carbocycles. The molecule has 1 saturated carbocycles. The van der Waals surface area contributed by atoms with Crippen molar-refractivity contribution in [1.29, 1.82) is 0 Å². The highest BCUT2D eigenvalue weighted by Crippen LogP contribution is 2.32. The van der Waals surface area contributed by atoms with Gasteiger partial charge in [-0.2, -0.15) is 0 Å². The first-order valence-electron chi connectivity index (χ1n) is 11.8. The molecule has 3 rings (SSSR count). The normalized spacial score (nSPS) is 19.0. The van der Waals surface area contributed by atoms with E-state index in [1.54, 1.807) is 7.11 Å². The number of allylic oxidation sites excluding steroid dienone is 1. The van der Waals surface area contributed by atoms with Crippen molar-refractivity contribution < 1.29 is 19.0 Å². The molecule has 0 atom stereocenters. The maximum Gasteiger partial charge on any atom is 0.125 e. The van der Waals surface area contributed by atoms with Crippen molar-refractivity contribution >= 4 is 5.71 Å². The molecule has 1 aliphatic carbocycles. The maximum absolute atomic E-state index is 6.42. The molecule has 0 heterocycles. The van der Waals surface area contributed by atoms with Gasteiger partial charge < -0.3 is 19.0 Å². The fraction of sp³-hybridized carbons (Fsp3) is 0.464. The van der Waals surface area contributed by atoms with Crippen molar-refractivity contribution in [3.8, 4) is 11.5 Å². The minimum atomic E-state index is 0.236. The predicted molar refractivity (Wildman–Crippen MR) is 133 cm³/mol. The molecule has 0 N–H and O–H groups in total. The minimum Gasteiger partial charge on any atom is -0.490 e. The molecule has 5 heteroatoms. The first-order chi connectivity index (χ1) is 16.0. The monoisotopic (exact) mass is 451 g/mol. The lowest BCUT2D eigenvalue weighted by atomic mass is 9.94. The zero-order valence-corrected chi connectivity index (χ0v) is 20.6. The standard InChI is InChI=1S/C28H37NO4/c1-6-7-16-31-27-17-20(2)28(21(3)18-27)33-26-14-12-25(13-15-26)32-19-23-8-10-24(11-9-23)22(4)29-30-5/h6-11,17-18,25-26H,12-16,19H2,1-5H3/b7-6+,29-22-. The van der Waals surface area contributed by atoms with Crippen molar-refractivity contribution in [2.24, 2.45) is 5.16 Å². The second-order valence-electron chi connectivity index (χ2n) is 8.65. The van der Waals surface area contributed by atoms with Crippen LogP contribution in [0.15, 0.2) is 53.7 Å². The molecule has 0 bridgehead atoms. The molecular weight excluding hydrogens is 414 g/mol. The highest BCUT2D eigenvalue weighted by molar-refractivity contribution is 5.98. The van der Waals surface area contributed by atoms with Gasteiger partial charge in [0, 0.05) is 0 Å². The summed E-state index contributed by atoms with van der Waals surface area (Å²) in [5.41, 5.74) is 5.34. The van der Waals surface area contributed by atoms with E-state index < -0.39 is 0 Å². The van der Waals surface area contributed by atoms with Gasteiger partial charge in [-0.1, -0.05) is 41.6 Å². The van der Waals surface area contributed by atoms with Crippen LogP contribution in [0.5, 0.6) is 11.5 Å². The quantitative estimate of drug-likeness (QED) is 0.234. The molecule has 1 fully saturated rings. The third kappa shape index (κ3) is 7.36. The van der Waals surface area contributed by atoms with E-state index in [4.69, 9.17) is 19.0 Å². The molecule has 178 valence electrons. The molecule has 0 unspecified atom stereocenters. The third-order valence-electron chi connectivity index (χ3n) is 6.01. The van der Waals surface area contributed by atoms with Gasteiger partial charge in [0.05, 0.1) is 24.5 Å². The average Bonchev–Trinajstić information content (AvgIpc) is 2.81. The van der Waals surface area contributed by atoms with Gasteiger partial charge in [-0.3, -0.25) is 0 Å². The van der Waals surface area contributed by atoms with Gasteiger partial charge in [0.1, 0.15) is 25.2 Å². The Balaban J connectivity index is 1.46. The Morgan fingerprint density at radius 1 is 1.00 bits per heavy atom. The molecule has 0 aliphatic heterocycles. The summed E-state index contributed by atoms with van der Waals surface area (Å²) in [5.74, 6) is 1.88. The minimum absolute atomic E-state index is 0.236. The fourth-order valence-corrected chi connectivity index (χ4v) is 4.15. The Morgan fingerprint density at radius 3 is 2.24 bits per heavy atom. The van der Waals surface area contributed by atoms with Crippen LogP contribution in [0.2, 0.25) is 0 Å². The van der Waals surface area contributed by atoms with Crippen LogP contribution in [0, 0.1) is 13.8 Å². The highest BCUT2D eigenvalue weighted by Gasteiger charge is 2.24. The number of hydrogen-bond donors (Lipinski definition) is 0. The lowest BCUT2D eigenvalue weighted by molar-refractivity contribution is -0.00682. The third-order valence-corrected chi connectivity index (χ3v) is 6.01. The summed E-state index contributed by atoms with van der Waals surface area (Å²) in [6.07, 6.45) is 8.57. The van der Waals surface area contributed by atoms with Crippen LogP contribution in [0.25, 0.3) is 0 Å². The Bertz CT molecular complexity index is 918. The topological polar surface area (TPSA) is 49.3 Å². The molecule has 1 aliphatic rings. The molecular formula is C28H37NO4. The van der Waals surface area contributed by atoms with Crippen molar-refractivity contribution in [1.82, 2.24) is 0 Å². The van der Waals surface area contributed by atoms with Gasteiger partial charge >= 0.3 is 0 Å². The average molecular weight is 452 g/mol. The zero-order valence-electron chi connectivity index (χ0n) is 20.6. The van der Waals surface area contributed by atoms with Crippen LogP contribution < -0.4 is 9.47 Å². The van der Waals surface area contributed by atoms with Gasteiger partial charge in [0.2, 0.25) is 0 Å². The van der Waals surface area contributed by atoms with E-state index in [1.165, 1.54) is 5.56 Å². The highest BCUT2D eigenvalue weighted by atomic mass is 16.6. The molecule has 0 saturated heterocycles. The van der Waals surface area contributed by atoms with Crippen molar-refractivity contribution in [2.45, 2.75) is 72.2 Å². The summed E-state index contributed by atoms with van der Waals surface area (Å²) in [6, 6.07) is 12.4. The van der Waals surface area contributed by atoms with E-state index in [-0.39, 0.29) is 12.2 Å². The van der Waals surface area contributed by atoms with Gasteiger partial charge in [-0.25, -0.2) is 0 Å². The summed E-state index contributed by atoms with van der Waals surface area (Å²) >= 11 is 0. The van der Waals surface area contributed by atoms with Crippen LogP contribution >= 0.6 is 0 Å². The molecule has 0 aromatic heterocycles. The second kappa shape index (κ2) is 12.4. The van der Waals surface area contributed by atoms with Crippen LogP contribution in [-0.4, -0.2) is 31.6 Å². The van der Waals surface area contributed by atoms with Gasteiger partial charge in [0.15, 0.2) is 0 Å². The Morgan fingerprint density at radius 2 is 1.64 bits per heavy atom. The number of hydrogen-bond acceptors (Lipinski definition) is 5. The summed E-state index contributed by atoms with van der Waals surface area (Å²) in [4.78, 5) is 4.84. The number of benzene rings is 2. The zero-order chi connectivity index (χ0) is 23.6. The van der Waals surface area contributed by atoms with Gasteiger partial charge in [0.25, 0.3) is 0 Å². The molecule has 2 aromatic rings.